The smallest absolute Gasteiger partial charge is 0.325 e. The number of hydrogen-bond acceptors (Lipinski definition) is 4. The maximum atomic E-state index is 12.2. The third-order valence-electron chi connectivity index (χ3n) is 3.70. The van der Waals surface area contributed by atoms with E-state index in [0.29, 0.717) is 31.0 Å². The second kappa shape index (κ2) is 6.30. The molecule has 3 amide bonds. The van der Waals surface area contributed by atoms with E-state index in [9.17, 15) is 9.59 Å². The molecule has 21 heavy (non-hydrogen) atoms. The number of nitrogens with zero attached hydrogens (tertiary/aromatic N) is 2. The minimum atomic E-state index is -0.765. The van der Waals surface area contributed by atoms with Crippen LogP contribution in [0.2, 0.25) is 5.02 Å². The van der Waals surface area contributed by atoms with E-state index in [1.54, 1.807) is 25.4 Å². The van der Waals surface area contributed by atoms with Crippen molar-refractivity contribution >= 4 is 29.2 Å². The number of imide groups is 1. The van der Waals surface area contributed by atoms with Gasteiger partial charge < -0.3 is 10.6 Å². The Morgan fingerprint density at radius 1 is 1.48 bits per heavy atom. The minimum absolute atomic E-state index is 0.156. The first-order valence-corrected chi connectivity index (χ1v) is 7.33. The highest BCUT2D eigenvalue weighted by Gasteiger charge is 2.45. The van der Waals surface area contributed by atoms with Gasteiger partial charge in [0.2, 0.25) is 0 Å². The molecule has 1 saturated heterocycles. The van der Waals surface area contributed by atoms with Gasteiger partial charge in [-0.15, -0.1) is 0 Å². The molecule has 1 aromatic rings. The number of carbonyl (C=O) groups excluding carboxylic acids is 2. The first-order chi connectivity index (χ1) is 9.98. The molecule has 1 aliphatic rings. The summed E-state index contributed by atoms with van der Waals surface area (Å²) in [6.07, 6.45) is 4.45. The van der Waals surface area contributed by atoms with Gasteiger partial charge in [0.25, 0.3) is 5.91 Å². The summed E-state index contributed by atoms with van der Waals surface area (Å²) in [7, 11) is 0. The van der Waals surface area contributed by atoms with Crippen LogP contribution in [0.4, 0.5) is 10.5 Å². The maximum absolute atomic E-state index is 12.2. The second-order valence-corrected chi connectivity index (χ2v) is 5.62. The van der Waals surface area contributed by atoms with Crippen molar-refractivity contribution in [2.75, 3.05) is 18.4 Å². The SMILES string of the molecule is CC[C@]1(C)NC(=O)N(CCCNc2ccncc2Cl)C1=O. The van der Waals surface area contributed by atoms with Crippen LogP contribution in [-0.4, -0.2) is 40.5 Å². The highest BCUT2D eigenvalue weighted by Crippen LogP contribution is 2.21. The van der Waals surface area contributed by atoms with Gasteiger partial charge in [-0.1, -0.05) is 18.5 Å². The zero-order chi connectivity index (χ0) is 15.5. The van der Waals surface area contributed by atoms with Crippen molar-refractivity contribution in [1.29, 1.82) is 0 Å². The molecule has 1 fully saturated rings. The molecule has 2 heterocycles. The number of carbonyl (C=O) groups is 2. The number of anilines is 1. The number of pyridine rings is 1. The Balaban J connectivity index is 1.83. The van der Waals surface area contributed by atoms with Crippen molar-refractivity contribution in [2.45, 2.75) is 32.2 Å². The summed E-state index contributed by atoms with van der Waals surface area (Å²) in [5, 5.41) is 6.44. The van der Waals surface area contributed by atoms with E-state index in [0.717, 1.165) is 5.69 Å². The molecule has 6 nitrogen and oxygen atoms in total. The van der Waals surface area contributed by atoms with E-state index >= 15 is 0 Å². The number of nitrogens with one attached hydrogen (secondary N) is 2. The van der Waals surface area contributed by atoms with Gasteiger partial charge in [0.1, 0.15) is 5.54 Å². The first kappa shape index (κ1) is 15.6. The van der Waals surface area contributed by atoms with Gasteiger partial charge in [-0.25, -0.2) is 4.79 Å². The van der Waals surface area contributed by atoms with Gasteiger partial charge in [0.15, 0.2) is 0 Å². The van der Waals surface area contributed by atoms with E-state index in [-0.39, 0.29) is 11.9 Å². The van der Waals surface area contributed by atoms with E-state index in [1.165, 1.54) is 4.90 Å². The molecule has 0 saturated carbocycles. The second-order valence-electron chi connectivity index (χ2n) is 5.21. The Hall–Kier alpha value is -1.82. The van der Waals surface area contributed by atoms with Crippen molar-refractivity contribution in [3.8, 4) is 0 Å². The van der Waals surface area contributed by atoms with Crippen molar-refractivity contribution in [2.24, 2.45) is 0 Å². The molecule has 0 spiro atoms. The van der Waals surface area contributed by atoms with Gasteiger partial charge in [0.05, 0.1) is 10.7 Å². The van der Waals surface area contributed by atoms with Crippen LogP contribution in [0.25, 0.3) is 0 Å². The van der Waals surface area contributed by atoms with Crippen molar-refractivity contribution in [3.63, 3.8) is 0 Å². The number of rotatable bonds is 6. The monoisotopic (exact) mass is 310 g/mol. The summed E-state index contributed by atoms with van der Waals surface area (Å²) in [4.78, 5) is 29.2. The zero-order valence-electron chi connectivity index (χ0n) is 12.1. The molecule has 1 aliphatic heterocycles. The fourth-order valence-electron chi connectivity index (χ4n) is 2.17. The minimum Gasteiger partial charge on any atom is -0.384 e. The van der Waals surface area contributed by atoms with Gasteiger partial charge >= 0.3 is 6.03 Å². The highest BCUT2D eigenvalue weighted by atomic mass is 35.5. The maximum Gasteiger partial charge on any atom is 0.325 e. The first-order valence-electron chi connectivity index (χ1n) is 6.95. The van der Waals surface area contributed by atoms with E-state index in [4.69, 9.17) is 11.6 Å². The lowest BCUT2D eigenvalue weighted by Crippen LogP contribution is -2.43. The summed E-state index contributed by atoms with van der Waals surface area (Å²) in [5.41, 5.74) is 0.0288. The van der Waals surface area contributed by atoms with E-state index in [2.05, 4.69) is 15.6 Å². The van der Waals surface area contributed by atoms with Crippen LogP contribution in [-0.2, 0) is 4.79 Å². The average molecular weight is 311 g/mol. The molecule has 2 rings (SSSR count). The molecule has 0 unspecified atom stereocenters. The van der Waals surface area contributed by atoms with Crippen LogP contribution in [0.1, 0.15) is 26.7 Å². The molecular formula is C14H19ClN4O2. The molecule has 0 bridgehead atoms. The Morgan fingerprint density at radius 2 is 2.24 bits per heavy atom. The molecule has 114 valence electrons. The van der Waals surface area contributed by atoms with Crippen molar-refractivity contribution in [3.05, 3.63) is 23.5 Å². The summed E-state index contributed by atoms with van der Waals surface area (Å²) < 4.78 is 0. The number of halogens is 1. The van der Waals surface area contributed by atoms with Crippen LogP contribution in [0.15, 0.2) is 18.5 Å². The third-order valence-corrected chi connectivity index (χ3v) is 4.00. The Kier molecular flexibility index (Phi) is 4.67. The third kappa shape index (κ3) is 3.26. The zero-order valence-corrected chi connectivity index (χ0v) is 12.9. The van der Waals surface area contributed by atoms with Crippen LogP contribution in [0.5, 0.6) is 0 Å². The highest BCUT2D eigenvalue weighted by molar-refractivity contribution is 6.33. The number of amides is 3. The largest absolute Gasteiger partial charge is 0.384 e. The van der Waals surface area contributed by atoms with Gasteiger partial charge in [-0.2, -0.15) is 0 Å². The van der Waals surface area contributed by atoms with E-state index in [1.807, 2.05) is 6.92 Å². The van der Waals surface area contributed by atoms with Crippen LogP contribution in [0, 0.1) is 0 Å². The number of hydrogen-bond donors (Lipinski definition) is 2. The molecule has 1 atom stereocenters. The van der Waals surface area contributed by atoms with Crippen molar-refractivity contribution in [1.82, 2.24) is 15.2 Å². The van der Waals surface area contributed by atoms with Gasteiger partial charge in [-0.3, -0.25) is 14.7 Å². The lowest BCUT2D eigenvalue weighted by Gasteiger charge is -2.19. The van der Waals surface area contributed by atoms with Crippen LogP contribution < -0.4 is 10.6 Å². The lowest BCUT2D eigenvalue weighted by atomic mass is 9.99. The Labute approximate surface area is 128 Å². The fourth-order valence-corrected chi connectivity index (χ4v) is 2.35. The van der Waals surface area contributed by atoms with Gasteiger partial charge in [0, 0.05) is 25.5 Å². The molecular weight excluding hydrogens is 292 g/mol. The Morgan fingerprint density at radius 3 is 2.86 bits per heavy atom. The molecule has 0 aliphatic carbocycles. The van der Waals surface area contributed by atoms with Crippen molar-refractivity contribution < 1.29 is 9.59 Å². The quantitative estimate of drug-likeness (QED) is 0.624. The number of aromatic nitrogens is 1. The summed E-state index contributed by atoms with van der Waals surface area (Å²) >= 11 is 5.98. The standard InChI is InChI=1S/C14H19ClN4O2/c1-3-14(2)12(20)19(13(21)18-14)8-4-6-17-11-5-7-16-9-10(11)15/h5,7,9H,3-4,6,8H2,1-2H3,(H,16,17)(H,18,21)/t14-/m0/s1. The normalized spacial score (nSPS) is 21.6. The predicted octanol–water partition coefficient (Wildman–Crippen LogP) is 2.26. The topological polar surface area (TPSA) is 74.3 Å². The van der Waals surface area contributed by atoms with E-state index < -0.39 is 5.54 Å². The Bertz CT molecular complexity index is 552. The average Bonchev–Trinajstić information content (AvgIpc) is 2.68. The summed E-state index contributed by atoms with van der Waals surface area (Å²) in [5.74, 6) is -0.156. The number of urea groups is 1. The molecule has 0 aromatic carbocycles. The summed E-state index contributed by atoms with van der Waals surface area (Å²) in [6.45, 7) is 4.64. The molecule has 1 aromatic heterocycles. The van der Waals surface area contributed by atoms with Gasteiger partial charge in [-0.05, 0) is 25.8 Å². The van der Waals surface area contributed by atoms with Crippen LogP contribution >= 0.6 is 11.6 Å². The fraction of sp³-hybridized carbons (Fsp3) is 0.500. The molecule has 0 radical (unpaired) electrons. The lowest BCUT2D eigenvalue weighted by molar-refractivity contribution is -0.130. The molecule has 2 N–H and O–H groups in total. The predicted molar refractivity (Wildman–Crippen MR) is 81.3 cm³/mol. The van der Waals surface area contributed by atoms with Crippen LogP contribution in [0.3, 0.4) is 0 Å². The molecule has 7 heteroatoms. The summed E-state index contributed by atoms with van der Waals surface area (Å²) in [6, 6.07) is 1.47.